The highest BCUT2D eigenvalue weighted by Crippen LogP contribution is 2.31. The minimum absolute atomic E-state index is 0.197. The predicted molar refractivity (Wildman–Crippen MR) is 77.8 cm³/mol. The lowest BCUT2D eigenvalue weighted by atomic mass is 10.2. The number of nitrogens with zero attached hydrogens (tertiary/aromatic N) is 6. The lowest BCUT2D eigenvalue weighted by Gasteiger charge is -2.09. The minimum atomic E-state index is -0.554. The smallest absolute Gasteiger partial charge is 0.329 e. The van der Waals surface area contributed by atoms with Crippen LogP contribution in [0.25, 0.3) is 11.2 Å². The van der Waals surface area contributed by atoms with Crippen LogP contribution in [0.5, 0.6) is 0 Å². The number of hydrogen-bond donors (Lipinski definition) is 1. The number of aliphatic hydroxyl groups excluding tert-OH is 1. The molecule has 1 aliphatic rings. The Morgan fingerprint density at radius 2 is 2.32 bits per heavy atom. The van der Waals surface area contributed by atoms with Crippen molar-refractivity contribution in [2.24, 2.45) is 4.99 Å². The van der Waals surface area contributed by atoms with Gasteiger partial charge in [0.2, 0.25) is 0 Å². The summed E-state index contributed by atoms with van der Waals surface area (Å²) in [6.07, 6.45) is 4.41. The van der Waals surface area contributed by atoms with Crippen LogP contribution in [0.15, 0.2) is 17.6 Å². The van der Waals surface area contributed by atoms with Crippen molar-refractivity contribution in [1.82, 2.24) is 24.4 Å². The van der Waals surface area contributed by atoms with Crippen LogP contribution in [0.1, 0.15) is 12.5 Å². The van der Waals surface area contributed by atoms with Crippen LogP contribution < -0.4 is 0 Å². The summed E-state index contributed by atoms with van der Waals surface area (Å²) in [6.45, 7) is -0.197. The van der Waals surface area contributed by atoms with Crippen LogP contribution in [-0.4, -0.2) is 68.6 Å². The van der Waals surface area contributed by atoms with Crippen LogP contribution in [0.4, 0.5) is 5.82 Å². The molecule has 0 saturated carbocycles. The van der Waals surface area contributed by atoms with Crippen molar-refractivity contribution in [2.75, 3.05) is 20.7 Å². The summed E-state index contributed by atoms with van der Waals surface area (Å²) in [4.78, 5) is 30.5. The van der Waals surface area contributed by atoms with Gasteiger partial charge in [-0.05, 0) is 0 Å². The molecule has 22 heavy (non-hydrogen) atoms. The normalized spacial score (nSPS) is 21.7. The Kier molecular flexibility index (Phi) is 3.72. The first-order valence-electron chi connectivity index (χ1n) is 6.79. The van der Waals surface area contributed by atoms with E-state index in [9.17, 15) is 4.79 Å². The average molecular weight is 304 g/mol. The number of carbonyl (C=O) groups excluding carboxylic acids is 1. The van der Waals surface area contributed by atoms with Gasteiger partial charge in [0, 0.05) is 20.5 Å². The Hall–Kier alpha value is -2.55. The van der Waals surface area contributed by atoms with E-state index in [-0.39, 0.29) is 6.61 Å². The molecule has 2 unspecified atom stereocenters. The van der Waals surface area contributed by atoms with E-state index in [0.29, 0.717) is 23.4 Å². The molecule has 2 atom stereocenters. The van der Waals surface area contributed by atoms with Crippen LogP contribution in [0, 0.1) is 0 Å². The van der Waals surface area contributed by atoms with Crippen molar-refractivity contribution in [3.8, 4) is 0 Å². The number of ether oxygens (including phenoxy) is 1. The van der Waals surface area contributed by atoms with Crippen LogP contribution >= 0.6 is 0 Å². The second-order valence-electron chi connectivity index (χ2n) is 5.22. The molecule has 0 bridgehead atoms. The molecule has 2 aromatic rings. The third-order valence-electron chi connectivity index (χ3n) is 3.34. The quantitative estimate of drug-likeness (QED) is 0.477. The number of hydrogen-bond acceptors (Lipinski definition) is 7. The molecule has 1 N–H and O–H groups in total. The number of carbonyl (C=O) groups is 1. The SMILES string of the molecule is CN(C)C=Nc1ncnc2ncn(C3CC(CO)OC3=O)c12. The zero-order valence-electron chi connectivity index (χ0n) is 12.2. The predicted octanol–water partition coefficient (Wildman–Crippen LogP) is -0.103. The Balaban J connectivity index is 2.05. The molecule has 2 aromatic heterocycles. The first-order valence-corrected chi connectivity index (χ1v) is 6.79. The third-order valence-corrected chi connectivity index (χ3v) is 3.34. The second-order valence-corrected chi connectivity index (χ2v) is 5.22. The fourth-order valence-corrected chi connectivity index (χ4v) is 2.34. The largest absolute Gasteiger partial charge is 0.458 e. The molecule has 0 aliphatic carbocycles. The molecule has 0 amide bonds. The molecule has 3 rings (SSSR count). The van der Waals surface area contributed by atoms with Gasteiger partial charge >= 0.3 is 5.97 Å². The maximum absolute atomic E-state index is 12.0. The van der Waals surface area contributed by atoms with Crippen molar-refractivity contribution in [3.05, 3.63) is 12.7 Å². The Morgan fingerprint density at radius 3 is 3.00 bits per heavy atom. The summed E-state index contributed by atoms with van der Waals surface area (Å²) in [5, 5.41) is 9.16. The molecule has 0 radical (unpaired) electrons. The second kappa shape index (κ2) is 5.68. The van der Waals surface area contributed by atoms with Gasteiger partial charge in [0.1, 0.15) is 24.0 Å². The monoisotopic (exact) mass is 304 g/mol. The van der Waals surface area contributed by atoms with E-state index in [4.69, 9.17) is 9.84 Å². The van der Waals surface area contributed by atoms with E-state index in [1.807, 2.05) is 14.1 Å². The van der Waals surface area contributed by atoms with Crippen molar-refractivity contribution in [1.29, 1.82) is 0 Å². The number of aliphatic imine (C=N–C) groups is 1. The van der Waals surface area contributed by atoms with E-state index >= 15 is 0 Å². The third kappa shape index (κ3) is 2.50. The Bertz CT molecular complexity index is 726. The van der Waals surface area contributed by atoms with Gasteiger partial charge < -0.3 is 19.3 Å². The number of esters is 1. The van der Waals surface area contributed by atoms with Gasteiger partial charge in [0.15, 0.2) is 11.5 Å². The van der Waals surface area contributed by atoms with Gasteiger partial charge in [-0.3, -0.25) is 0 Å². The fourth-order valence-electron chi connectivity index (χ4n) is 2.34. The highest BCUT2D eigenvalue weighted by atomic mass is 16.6. The molecule has 9 nitrogen and oxygen atoms in total. The zero-order valence-corrected chi connectivity index (χ0v) is 12.2. The first-order chi connectivity index (χ1) is 10.6. The fraction of sp³-hybridized carbons (Fsp3) is 0.462. The molecular formula is C13H16N6O3. The van der Waals surface area contributed by atoms with E-state index in [1.165, 1.54) is 12.7 Å². The molecule has 3 heterocycles. The van der Waals surface area contributed by atoms with Gasteiger partial charge in [0.25, 0.3) is 0 Å². The van der Waals surface area contributed by atoms with Gasteiger partial charge in [-0.15, -0.1) is 0 Å². The van der Waals surface area contributed by atoms with Crippen LogP contribution in [-0.2, 0) is 9.53 Å². The summed E-state index contributed by atoms with van der Waals surface area (Å²) in [7, 11) is 3.69. The first kappa shape index (κ1) is 14.4. The number of rotatable bonds is 4. The number of aliphatic hydroxyl groups is 1. The lowest BCUT2D eigenvalue weighted by Crippen LogP contribution is -2.13. The number of cyclic esters (lactones) is 1. The van der Waals surface area contributed by atoms with E-state index in [0.717, 1.165) is 0 Å². The van der Waals surface area contributed by atoms with E-state index < -0.39 is 18.1 Å². The molecule has 0 spiro atoms. The summed E-state index contributed by atoms with van der Waals surface area (Å²) in [5.41, 5.74) is 1.03. The highest BCUT2D eigenvalue weighted by molar-refractivity contribution is 5.86. The van der Waals surface area contributed by atoms with Gasteiger partial charge in [-0.2, -0.15) is 0 Å². The van der Waals surface area contributed by atoms with Crippen molar-refractivity contribution >= 4 is 29.3 Å². The van der Waals surface area contributed by atoms with Crippen LogP contribution in [0.2, 0.25) is 0 Å². The summed E-state index contributed by atoms with van der Waals surface area (Å²) >= 11 is 0. The molecule has 1 saturated heterocycles. The van der Waals surface area contributed by atoms with Gasteiger partial charge in [0.05, 0.1) is 19.3 Å². The number of imidazole rings is 1. The average Bonchev–Trinajstić information content (AvgIpc) is 3.08. The molecular weight excluding hydrogens is 288 g/mol. The lowest BCUT2D eigenvalue weighted by molar-refractivity contribution is -0.144. The standard InChI is InChI=1S/C13H16N6O3/c1-18(2)6-16-11-10-12(15-5-14-11)17-7-19(10)9-3-8(4-20)22-13(9)21/h5-9,20H,3-4H2,1-2H3. The van der Waals surface area contributed by atoms with E-state index in [1.54, 1.807) is 15.8 Å². The molecule has 116 valence electrons. The van der Waals surface area contributed by atoms with Crippen molar-refractivity contribution in [3.63, 3.8) is 0 Å². The van der Waals surface area contributed by atoms with Crippen LogP contribution in [0.3, 0.4) is 0 Å². The molecule has 1 aliphatic heterocycles. The summed E-state index contributed by atoms with van der Waals surface area (Å²) in [5.74, 6) is 0.0289. The maximum atomic E-state index is 12.0. The zero-order chi connectivity index (χ0) is 15.7. The number of fused-ring (bicyclic) bond motifs is 1. The molecule has 9 heteroatoms. The molecule has 1 fully saturated rings. The van der Waals surface area contributed by atoms with Crippen molar-refractivity contribution < 1.29 is 14.6 Å². The number of aromatic nitrogens is 4. The van der Waals surface area contributed by atoms with E-state index in [2.05, 4.69) is 19.9 Å². The molecule has 0 aromatic carbocycles. The van der Waals surface area contributed by atoms with Gasteiger partial charge in [-0.1, -0.05) is 0 Å². The topological polar surface area (TPSA) is 106 Å². The maximum Gasteiger partial charge on any atom is 0.329 e. The van der Waals surface area contributed by atoms with Gasteiger partial charge in [-0.25, -0.2) is 24.7 Å². The summed E-state index contributed by atoms with van der Waals surface area (Å²) < 4.78 is 6.77. The minimum Gasteiger partial charge on any atom is -0.458 e. The summed E-state index contributed by atoms with van der Waals surface area (Å²) in [6, 6.07) is -0.554. The highest BCUT2D eigenvalue weighted by Gasteiger charge is 2.36. The Morgan fingerprint density at radius 1 is 1.50 bits per heavy atom. The Labute approximate surface area is 126 Å². The van der Waals surface area contributed by atoms with Crippen molar-refractivity contribution in [2.45, 2.75) is 18.6 Å².